The number of halogens is 1. The molecule has 4 rings (SSSR count). The van der Waals surface area contributed by atoms with Gasteiger partial charge >= 0.3 is 0 Å². The summed E-state index contributed by atoms with van der Waals surface area (Å²) < 4.78 is 11.2. The molecule has 0 aromatic heterocycles. The Morgan fingerprint density at radius 1 is 1.06 bits per heavy atom. The molecular weight excluding hydrogens is 440 g/mol. The number of rotatable bonds is 6. The summed E-state index contributed by atoms with van der Waals surface area (Å²) in [6.45, 7) is 4.04. The zero-order valence-corrected chi connectivity index (χ0v) is 20.0. The number of likely N-dealkylation sites (tertiary alicyclic amines) is 2. The molecule has 0 saturated carbocycles. The summed E-state index contributed by atoms with van der Waals surface area (Å²) in [5.41, 5.74) is 1.82. The van der Waals surface area contributed by atoms with Crippen molar-refractivity contribution in [1.82, 2.24) is 9.80 Å². The van der Waals surface area contributed by atoms with E-state index in [0.717, 1.165) is 42.7 Å². The highest BCUT2D eigenvalue weighted by Gasteiger charge is 2.39. The summed E-state index contributed by atoms with van der Waals surface area (Å²) in [5, 5.41) is 0.650. The average Bonchev–Trinajstić information content (AvgIpc) is 2.83. The van der Waals surface area contributed by atoms with E-state index >= 15 is 0 Å². The topological polar surface area (TPSA) is 59.1 Å². The molecule has 0 N–H and O–H groups in total. The number of piperidine rings is 2. The molecule has 2 aromatic carbocycles. The molecule has 2 aliphatic rings. The molecule has 0 aliphatic carbocycles. The lowest BCUT2D eigenvalue weighted by Crippen LogP contribution is -2.57. The van der Waals surface area contributed by atoms with Gasteiger partial charge in [0.2, 0.25) is 5.91 Å². The Kier molecular flexibility index (Phi) is 7.43. The molecule has 6 nitrogen and oxygen atoms in total. The maximum atomic E-state index is 13.0. The Morgan fingerprint density at radius 2 is 1.88 bits per heavy atom. The minimum absolute atomic E-state index is 0.00727. The first-order chi connectivity index (χ1) is 16.0. The van der Waals surface area contributed by atoms with Gasteiger partial charge in [0, 0.05) is 36.3 Å². The number of hydrogen-bond donors (Lipinski definition) is 0. The van der Waals surface area contributed by atoms with Crippen LogP contribution in [0.4, 0.5) is 0 Å². The standard InChI is InChI=1S/C26H31ClN2O4/c1-18-14-21(27)9-10-23(18)33-17-26(31)29-12-5-7-20-16-28(13-11-22(20)29)25(30)15-19-6-3-4-8-24(19)32-2/h3-4,6,8-10,14,20,22H,5,7,11-13,15-17H2,1-2H3/t20-,22-/m1/s1. The van der Waals surface area contributed by atoms with Crippen molar-refractivity contribution in [2.24, 2.45) is 5.92 Å². The van der Waals surface area contributed by atoms with Crippen LogP contribution in [0.2, 0.25) is 5.02 Å². The maximum absolute atomic E-state index is 13.0. The van der Waals surface area contributed by atoms with E-state index in [1.807, 2.05) is 47.1 Å². The lowest BCUT2D eigenvalue weighted by molar-refractivity contribution is -0.143. The second kappa shape index (κ2) is 10.5. The van der Waals surface area contributed by atoms with E-state index in [1.165, 1.54) is 0 Å². The highest BCUT2D eigenvalue weighted by Crippen LogP contribution is 2.32. The van der Waals surface area contributed by atoms with Crippen LogP contribution in [-0.2, 0) is 16.0 Å². The van der Waals surface area contributed by atoms with Crippen LogP contribution in [0.25, 0.3) is 0 Å². The quantitative estimate of drug-likeness (QED) is 0.637. The lowest BCUT2D eigenvalue weighted by Gasteiger charge is -2.47. The number of hydrogen-bond acceptors (Lipinski definition) is 4. The van der Waals surface area contributed by atoms with Gasteiger partial charge in [0.25, 0.3) is 5.91 Å². The molecule has 2 atom stereocenters. The van der Waals surface area contributed by atoms with Crippen LogP contribution in [0.5, 0.6) is 11.5 Å². The largest absolute Gasteiger partial charge is 0.496 e. The molecule has 176 valence electrons. The summed E-state index contributed by atoms with van der Waals surface area (Å²) >= 11 is 6.01. The molecule has 0 radical (unpaired) electrons. The van der Waals surface area contributed by atoms with Crippen LogP contribution in [0.1, 0.15) is 30.4 Å². The third kappa shape index (κ3) is 5.44. The summed E-state index contributed by atoms with van der Waals surface area (Å²) in [6.07, 6.45) is 3.11. The van der Waals surface area contributed by atoms with Crippen molar-refractivity contribution in [1.29, 1.82) is 0 Å². The van der Waals surface area contributed by atoms with Gasteiger partial charge in [-0.15, -0.1) is 0 Å². The van der Waals surface area contributed by atoms with Gasteiger partial charge in [-0.05, 0) is 61.9 Å². The smallest absolute Gasteiger partial charge is 0.260 e. The third-order valence-electron chi connectivity index (χ3n) is 6.76. The van der Waals surface area contributed by atoms with Crippen LogP contribution in [0, 0.1) is 12.8 Å². The molecular formula is C26H31ClN2O4. The van der Waals surface area contributed by atoms with Crippen LogP contribution in [-0.4, -0.2) is 61.0 Å². The van der Waals surface area contributed by atoms with Crippen molar-refractivity contribution >= 4 is 23.4 Å². The number of nitrogens with zero attached hydrogens (tertiary/aromatic N) is 2. The maximum Gasteiger partial charge on any atom is 0.260 e. The number of fused-ring (bicyclic) bond motifs is 1. The molecule has 33 heavy (non-hydrogen) atoms. The summed E-state index contributed by atoms with van der Waals surface area (Å²) in [7, 11) is 1.63. The van der Waals surface area contributed by atoms with Crippen LogP contribution in [0.15, 0.2) is 42.5 Å². The first-order valence-electron chi connectivity index (χ1n) is 11.5. The van der Waals surface area contributed by atoms with E-state index in [2.05, 4.69) is 0 Å². The number of carbonyl (C=O) groups is 2. The SMILES string of the molecule is COc1ccccc1CC(=O)N1CC[C@@H]2[C@H](CCCN2C(=O)COc2ccc(Cl)cc2C)C1. The third-order valence-corrected chi connectivity index (χ3v) is 7.00. The van der Waals surface area contributed by atoms with E-state index < -0.39 is 0 Å². The second-order valence-corrected chi connectivity index (χ2v) is 9.31. The zero-order valence-electron chi connectivity index (χ0n) is 19.3. The van der Waals surface area contributed by atoms with Gasteiger partial charge in [0.15, 0.2) is 6.61 Å². The number of benzene rings is 2. The summed E-state index contributed by atoms with van der Waals surface area (Å²) in [4.78, 5) is 29.9. The molecule has 0 unspecified atom stereocenters. The second-order valence-electron chi connectivity index (χ2n) is 8.87. The van der Waals surface area contributed by atoms with Crippen molar-refractivity contribution in [2.75, 3.05) is 33.4 Å². The highest BCUT2D eigenvalue weighted by atomic mass is 35.5. The summed E-state index contributed by atoms with van der Waals surface area (Å²) in [6, 6.07) is 13.2. The van der Waals surface area contributed by atoms with Gasteiger partial charge in [-0.3, -0.25) is 9.59 Å². The van der Waals surface area contributed by atoms with Gasteiger partial charge < -0.3 is 19.3 Å². The van der Waals surface area contributed by atoms with Gasteiger partial charge in [-0.25, -0.2) is 0 Å². The van der Waals surface area contributed by atoms with Crippen LogP contribution in [0.3, 0.4) is 0 Å². The predicted octanol–water partition coefficient (Wildman–Crippen LogP) is 4.12. The summed E-state index contributed by atoms with van der Waals surface area (Å²) in [5.74, 6) is 1.84. The zero-order chi connectivity index (χ0) is 23.4. The van der Waals surface area contributed by atoms with Gasteiger partial charge in [0.1, 0.15) is 11.5 Å². The first-order valence-corrected chi connectivity index (χ1v) is 11.9. The van der Waals surface area contributed by atoms with Crippen molar-refractivity contribution < 1.29 is 19.1 Å². The molecule has 0 spiro atoms. The minimum Gasteiger partial charge on any atom is -0.496 e. The molecule has 0 bridgehead atoms. The number of para-hydroxylation sites is 1. The van der Waals surface area contributed by atoms with Crippen LogP contribution < -0.4 is 9.47 Å². The van der Waals surface area contributed by atoms with Crippen molar-refractivity contribution in [2.45, 2.75) is 38.6 Å². The molecule has 2 aromatic rings. The molecule has 7 heteroatoms. The minimum atomic E-state index is 0.00727. The van der Waals surface area contributed by atoms with Gasteiger partial charge in [0.05, 0.1) is 13.5 Å². The predicted molar refractivity (Wildman–Crippen MR) is 128 cm³/mol. The number of carbonyl (C=O) groups excluding carboxylic acids is 2. The first kappa shape index (κ1) is 23.4. The number of amides is 2. The monoisotopic (exact) mass is 470 g/mol. The van der Waals surface area contributed by atoms with Gasteiger partial charge in [-0.1, -0.05) is 29.8 Å². The number of ether oxygens (including phenoxy) is 2. The van der Waals surface area contributed by atoms with E-state index in [1.54, 1.807) is 19.2 Å². The number of aryl methyl sites for hydroxylation is 1. The molecule has 2 fully saturated rings. The lowest BCUT2D eigenvalue weighted by atomic mass is 9.83. The average molecular weight is 471 g/mol. The van der Waals surface area contributed by atoms with E-state index in [4.69, 9.17) is 21.1 Å². The van der Waals surface area contributed by atoms with E-state index in [9.17, 15) is 9.59 Å². The Morgan fingerprint density at radius 3 is 2.67 bits per heavy atom. The van der Waals surface area contributed by atoms with Crippen molar-refractivity contribution in [3.63, 3.8) is 0 Å². The fraction of sp³-hybridized carbons (Fsp3) is 0.462. The Balaban J connectivity index is 1.34. The van der Waals surface area contributed by atoms with Crippen molar-refractivity contribution in [3.05, 3.63) is 58.6 Å². The highest BCUT2D eigenvalue weighted by molar-refractivity contribution is 6.30. The molecule has 2 saturated heterocycles. The fourth-order valence-electron chi connectivity index (χ4n) is 5.06. The van der Waals surface area contributed by atoms with Crippen molar-refractivity contribution in [3.8, 4) is 11.5 Å². The normalized spacial score (nSPS) is 20.2. The van der Waals surface area contributed by atoms with E-state index in [0.29, 0.717) is 36.2 Å². The Bertz CT molecular complexity index is 1010. The molecule has 2 amide bonds. The van der Waals surface area contributed by atoms with Crippen LogP contribution >= 0.6 is 11.6 Å². The fourth-order valence-corrected chi connectivity index (χ4v) is 5.29. The van der Waals surface area contributed by atoms with E-state index in [-0.39, 0.29) is 24.5 Å². The molecule has 2 aliphatic heterocycles. The Labute approximate surface area is 200 Å². The Hall–Kier alpha value is -2.73. The van der Waals surface area contributed by atoms with Gasteiger partial charge in [-0.2, -0.15) is 0 Å². The number of methoxy groups -OCH3 is 1. The molecule has 2 heterocycles.